The van der Waals surface area contributed by atoms with E-state index in [1.54, 1.807) is 12.1 Å². The Hall–Kier alpha value is -1.81. The highest BCUT2D eigenvalue weighted by Gasteiger charge is 2.14. The lowest BCUT2D eigenvalue weighted by Crippen LogP contribution is -2.12. The first kappa shape index (κ1) is 15.6. The first-order valence-electron chi connectivity index (χ1n) is 6.94. The number of rotatable bonds is 6. The Morgan fingerprint density at radius 1 is 1.29 bits per heavy atom. The molecule has 1 N–H and O–H groups in total. The van der Waals surface area contributed by atoms with Crippen LogP contribution in [0.5, 0.6) is 5.75 Å². The van der Waals surface area contributed by atoms with Crippen molar-refractivity contribution in [2.75, 3.05) is 11.9 Å². The number of aromatic nitrogens is 1. The van der Waals surface area contributed by atoms with Gasteiger partial charge >= 0.3 is 0 Å². The summed E-state index contributed by atoms with van der Waals surface area (Å²) in [6.45, 7) is 4.53. The van der Waals surface area contributed by atoms with Crippen molar-refractivity contribution in [2.24, 2.45) is 0 Å². The van der Waals surface area contributed by atoms with Gasteiger partial charge in [-0.05, 0) is 43.7 Å². The zero-order valence-electron chi connectivity index (χ0n) is 12.1. The van der Waals surface area contributed by atoms with Crippen molar-refractivity contribution in [1.82, 2.24) is 4.98 Å². The third-order valence-corrected chi connectivity index (χ3v) is 3.32. The SMILES string of the molecule is CCOc1ccc(Cl)cc1NC(CC)c1ccc(F)cn1. The Morgan fingerprint density at radius 2 is 2.10 bits per heavy atom. The van der Waals surface area contributed by atoms with Crippen molar-refractivity contribution < 1.29 is 9.13 Å². The molecule has 1 atom stereocenters. The van der Waals surface area contributed by atoms with Gasteiger partial charge < -0.3 is 10.1 Å². The van der Waals surface area contributed by atoms with Crippen molar-refractivity contribution in [3.05, 3.63) is 53.1 Å². The van der Waals surface area contributed by atoms with Gasteiger partial charge in [0.25, 0.3) is 0 Å². The summed E-state index contributed by atoms with van der Waals surface area (Å²) < 4.78 is 18.6. The van der Waals surface area contributed by atoms with Gasteiger partial charge in [0.05, 0.1) is 30.2 Å². The number of hydrogen-bond acceptors (Lipinski definition) is 3. The number of benzene rings is 1. The third kappa shape index (κ3) is 4.08. The van der Waals surface area contributed by atoms with Crippen LogP contribution in [-0.2, 0) is 0 Å². The van der Waals surface area contributed by atoms with E-state index in [9.17, 15) is 4.39 Å². The second-order valence-corrected chi connectivity index (χ2v) is 5.02. The van der Waals surface area contributed by atoms with E-state index in [1.165, 1.54) is 12.3 Å². The Bertz CT molecular complexity index is 589. The van der Waals surface area contributed by atoms with Gasteiger partial charge in [-0.3, -0.25) is 4.98 Å². The smallest absolute Gasteiger partial charge is 0.142 e. The van der Waals surface area contributed by atoms with E-state index < -0.39 is 0 Å². The van der Waals surface area contributed by atoms with Crippen LogP contribution in [0.25, 0.3) is 0 Å². The normalized spacial score (nSPS) is 12.0. The molecule has 0 saturated heterocycles. The van der Waals surface area contributed by atoms with Gasteiger partial charge in [0, 0.05) is 5.02 Å². The number of pyridine rings is 1. The summed E-state index contributed by atoms with van der Waals surface area (Å²) in [6.07, 6.45) is 2.03. The van der Waals surface area contributed by atoms with Crippen LogP contribution in [0, 0.1) is 5.82 Å². The summed E-state index contributed by atoms with van der Waals surface area (Å²) in [5.41, 5.74) is 1.59. The Labute approximate surface area is 129 Å². The van der Waals surface area contributed by atoms with Crippen LogP contribution in [0.15, 0.2) is 36.5 Å². The van der Waals surface area contributed by atoms with Gasteiger partial charge in [-0.1, -0.05) is 18.5 Å². The van der Waals surface area contributed by atoms with Gasteiger partial charge in [0.2, 0.25) is 0 Å². The lowest BCUT2D eigenvalue weighted by Gasteiger charge is -2.20. The predicted octanol–water partition coefficient (Wildman–Crippen LogP) is 4.84. The summed E-state index contributed by atoms with van der Waals surface area (Å²) in [4.78, 5) is 4.13. The number of hydrogen-bond donors (Lipinski definition) is 1. The van der Waals surface area contributed by atoms with Crippen molar-refractivity contribution in [3.8, 4) is 5.75 Å². The molecule has 0 amide bonds. The van der Waals surface area contributed by atoms with Gasteiger partial charge in [-0.15, -0.1) is 0 Å². The molecule has 2 rings (SSSR count). The van der Waals surface area contributed by atoms with Crippen LogP contribution in [-0.4, -0.2) is 11.6 Å². The van der Waals surface area contributed by atoms with Gasteiger partial charge in [0.15, 0.2) is 0 Å². The Balaban J connectivity index is 2.25. The van der Waals surface area contributed by atoms with Crippen LogP contribution < -0.4 is 10.1 Å². The number of ether oxygens (including phenoxy) is 1. The minimum atomic E-state index is -0.341. The predicted molar refractivity (Wildman–Crippen MR) is 83.5 cm³/mol. The van der Waals surface area contributed by atoms with E-state index in [1.807, 2.05) is 26.0 Å². The first-order chi connectivity index (χ1) is 10.1. The fraction of sp³-hybridized carbons (Fsp3) is 0.312. The molecule has 1 unspecified atom stereocenters. The highest BCUT2D eigenvalue weighted by Crippen LogP contribution is 2.31. The van der Waals surface area contributed by atoms with Crippen LogP contribution in [0.4, 0.5) is 10.1 Å². The fourth-order valence-corrected chi connectivity index (χ4v) is 2.23. The summed E-state index contributed by atoms with van der Waals surface area (Å²) >= 11 is 6.05. The summed E-state index contributed by atoms with van der Waals surface area (Å²) in [7, 11) is 0. The highest BCUT2D eigenvalue weighted by molar-refractivity contribution is 6.30. The molecule has 0 aliphatic heterocycles. The maximum atomic E-state index is 13.0. The van der Waals surface area contributed by atoms with Crippen molar-refractivity contribution in [2.45, 2.75) is 26.3 Å². The zero-order valence-corrected chi connectivity index (χ0v) is 12.8. The molecule has 0 bridgehead atoms. The Kier molecular flexibility index (Phi) is 5.39. The lowest BCUT2D eigenvalue weighted by atomic mass is 10.1. The average Bonchev–Trinajstić information content (AvgIpc) is 2.48. The highest BCUT2D eigenvalue weighted by atomic mass is 35.5. The molecule has 21 heavy (non-hydrogen) atoms. The molecular weight excluding hydrogens is 291 g/mol. The Morgan fingerprint density at radius 3 is 2.71 bits per heavy atom. The van der Waals surface area contributed by atoms with E-state index >= 15 is 0 Å². The summed E-state index contributed by atoms with van der Waals surface area (Å²) in [5.74, 6) is 0.397. The minimum Gasteiger partial charge on any atom is -0.492 e. The molecule has 0 spiro atoms. The monoisotopic (exact) mass is 308 g/mol. The molecule has 0 aliphatic carbocycles. The third-order valence-electron chi connectivity index (χ3n) is 3.09. The number of halogens is 2. The topological polar surface area (TPSA) is 34.1 Å². The molecule has 0 aliphatic rings. The van der Waals surface area contributed by atoms with E-state index in [4.69, 9.17) is 16.3 Å². The van der Waals surface area contributed by atoms with Crippen molar-refractivity contribution in [1.29, 1.82) is 0 Å². The molecule has 1 aromatic heterocycles. The number of anilines is 1. The van der Waals surface area contributed by atoms with Crippen LogP contribution in [0.3, 0.4) is 0 Å². The van der Waals surface area contributed by atoms with Crippen molar-refractivity contribution >= 4 is 17.3 Å². The van der Waals surface area contributed by atoms with E-state index in [-0.39, 0.29) is 11.9 Å². The zero-order chi connectivity index (χ0) is 15.2. The number of nitrogens with zero attached hydrogens (tertiary/aromatic N) is 1. The largest absolute Gasteiger partial charge is 0.492 e. The lowest BCUT2D eigenvalue weighted by molar-refractivity contribution is 0.341. The van der Waals surface area contributed by atoms with Crippen LogP contribution >= 0.6 is 11.6 Å². The van der Waals surface area contributed by atoms with E-state index in [0.717, 1.165) is 23.6 Å². The minimum absolute atomic E-state index is 0.0386. The quantitative estimate of drug-likeness (QED) is 0.829. The molecule has 1 heterocycles. The second kappa shape index (κ2) is 7.27. The average molecular weight is 309 g/mol. The maximum absolute atomic E-state index is 13.0. The van der Waals surface area contributed by atoms with Crippen LogP contribution in [0.1, 0.15) is 32.0 Å². The van der Waals surface area contributed by atoms with Gasteiger partial charge in [-0.2, -0.15) is 0 Å². The fourth-order valence-electron chi connectivity index (χ4n) is 2.06. The second-order valence-electron chi connectivity index (χ2n) is 4.58. The van der Waals surface area contributed by atoms with Gasteiger partial charge in [-0.25, -0.2) is 4.39 Å². The maximum Gasteiger partial charge on any atom is 0.142 e. The molecule has 3 nitrogen and oxygen atoms in total. The van der Waals surface area contributed by atoms with Crippen molar-refractivity contribution in [3.63, 3.8) is 0 Å². The summed E-state index contributed by atoms with van der Waals surface area (Å²) in [5, 5.41) is 3.99. The van der Waals surface area contributed by atoms with E-state index in [2.05, 4.69) is 10.3 Å². The molecule has 0 fully saturated rings. The first-order valence-corrected chi connectivity index (χ1v) is 7.32. The molecule has 5 heteroatoms. The molecule has 0 radical (unpaired) electrons. The molecule has 2 aromatic rings. The van der Waals surface area contributed by atoms with Crippen LogP contribution in [0.2, 0.25) is 5.02 Å². The standard InChI is InChI=1S/C16H18ClFN2O/c1-3-13(14-7-6-12(18)10-19-14)20-15-9-11(17)5-8-16(15)21-4-2/h5-10,13,20H,3-4H2,1-2H3. The van der Waals surface area contributed by atoms with Gasteiger partial charge in [0.1, 0.15) is 11.6 Å². The molecule has 1 aromatic carbocycles. The number of nitrogens with one attached hydrogen (secondary N) is 1. The summed E-state index contributed by atoms with van der Waals surface area (Å²) in [6, 6.07) is 8.49. The molecular formula is C16H18ClFN2O. The molecule has 0 saturated carbocycles. The van der Waals surface area contributed by atoms with E-state index in [0.29, 0.717) is 11.6 Å². The molecule has 112 valence electrons.